The van der Waals surface area contributed by atoms with Crippen molar-refractivity contribution in [2.24, 2.45) is 10.7 Å². The molecule has 0 aliphatic carbocycles. The van der Waals surface area contributed by atoms with E-state index in [1.165, 1.54) is 18.5 Å². The molecular weight excluding hydrogens is 281 g/mol. The molecule has 0 aliphatic heterocycles. The molecule has 0 bridgehead atoms. The van der Waals surface area contributed by atoms with E-state index < -0.39 is 5.60 Å². The number of aryl methyl sites for hydroxylation is 1. The SMILES string of the molecule is Cc1ccccc1C(O)(CNC/N=C\N)c1ccc(F)cc1. The van der Waals surface area contributed by atoms with Crippen LogP contribution >= 0.6 is 0 Å². The maximum absolute atomic E-state index is 13.2. The Kier molecular flexibility index (Phi) is 5.25. The van der Waals surface area contributed by atoms with E-state index in [0.29, 0.717) is 12.2 Å². The number of rotatable bonds is 6. The number of aliphatic hydroxyl groups is 1. The van der Waals surface area contributed by atoms with Crippen molar-refractivity contribution < 1.29 is 9.50 Å². The van der Waals surface area contributed by atoms with Crippen molar-refractivity contribution in [1.82, 2.24) is 5.32 Å². The van der Waals surface area contributed by atoms with Crippen LogP contribution in [0.2, 0.25) is 0 Å². The van der Waals surface area contributed by atoms with Gasteiger partial charge in [-0.25, -0.2) is 4.39 Å². The average molecular weight is 301 g/mol. The molecule has 2 aromatic carbocycles. The fourth-order valence-electron chi connectivity index (χ4n) is 2.47. The zero-order chi connectivity index (χ0) is 16.0. The van der Waals surface area contributed by atoms with Crippen LogP contribution in [0.4, 0.5) is 4.39 Å². The Labute approximate surface area is 129 Å². The first-order chi connectivity index (χ1) is 10.6. The van der Waals surface area contributed by atoms with Crippen molar-refractivity contribution in [3.63, 3.8) is 0 Å². The summed E-state index contributed by atoms with van der Waals surface area (Å²) in [5, 5.41) is 14.3. The first-order valence-corrected chi connectivity index (χ1v) is 7.03. The molecular formula is C17H20FN3O. The average Bonchev–Trinajstić information content (AvgIpc) is 2.52. The second kappa shape index (κ2) is 7.15. The van der Waals surface area contributed by atoms with Gasteiger partial charge in [0.05, 0.1) is 13.0 Å². The summed E-state index contributed by atoms with van der Waals surface area (Å²) in [5.74, 6) is -0.337. The van der Waals surface area contributed by atoms with Gasteiger partial charge in [0.15, 0.2) is 0 Å². The number of benzene rings is 2. The summed E-state index contributed by atoms with van der Waals surface area (Å²) in [6.07, 6.45) is 1.21. The van der Waals surface area contributed by atoms with Crippen LogP contribution in [0.3, 0.4) is 0 Å². The number of halogens is 1. The topological polar surface area (TPSA) is 70.6 Å². The molecule has 1 unspecified atom stereocenters. The Balaban J connectivity index is 2.39. The highest BCUT2D eigenvalue weighted by atomic mass is 19.1. The van der Waals surface area contributed by atoms with Gasteiger partial charge in [-0.1, -0.05) is 36.4 Å². The molecule has 22 heavy (non-hydrogen) atoms. The second-order valence-corrected chi connectivity index (χ2v) is 5.10. The lowest BCUT2D eigenvalue weighted by Crippen LogP contribution is -2.40. The predicted octanol–water partition coefficient (Wildman–Crippen LogP) is 1.90. The predicted molar refractivity (Wildman–Crippen MR) is 86.1 cm³/mol. The monoisotopic (exact) mass is 301 g/mol. The van der Waals surface area contributed by atoms with Gasteiger partial charge in [0.25, 0.3) is 0 Å². The van der Waals surface area contributed by atoms with Crippen LogP contribution < -0.4 is 11.1 Å². The molecule has 116 valence electrons. The maximum atomic E-state index is 13.2. The Morgan fingerprint density at radius 1 is 1.23 bits per heavy atom. The van der Waals surface area contributed by atoms with Crippen LogP contribution in [0.5, 0.6) is 0 Å². The third kappa shape index (κ3) is 3.50. The number of hydrogen-bond acceptors (Lipinski definition) is 3. The van der Waals surface area contributed by atoms with Crippen LogP contribution in [0.15, 0.2) is 53.5 Å². The summed E-state index contributed by atoms with van der Waals surface area (Å²) < 4.78 is 13.2. The van der Waals surface area contributed by atoms with E-state index in [4.69, 9.17) is 5.73 Å². The van der Waals surface area contributed by atoms with Crippen LogP contribution in [0, 0.1) is 12.7 Å². The zero-order valence-corrected chi connectivity index (χ0v) is 12.5. The van der Waals surface area contributed by atoms with Gasteiger partial charge in [0.2, 0.25) is 0 Å². The third-order valence-electron chi connectivity index (χ3n) is 3.60. The fourth-order valence-corrected chi connectivity index (χ4v) is 2.47. The van der Waals surface area contributed by atoms with E-state index >= 15 is 0 Å². The molecule has 4 nitrogen and oxygen atoms in total. The van der Waals surface area contributed by atoms with Gasteiger partial charge < -0.3 is 10.8 Å². The molecule has 0 aromatic heterocycles. The first kappa shape index (κ1) is 16.1. The fraction of sp³-hybridized carbons (Fsp3) is 0.235. The van der Waals surface area contributed by atoms with Gasteiger partial charge in [-0.2, -0.15) is 0 Å². The molecule has 0 fully saturated rings. The molecule has 0 aliphatic rings. The maximum Gasteiger partial charge on any atom is 0.127 e. The second-order valence-electron chi connectivity index (χ2n) is 5.10. The summed E-state index contributed by atoms with van der Waals surface area (Å²) in [6.45, 7) is 2.47. The minimum absolute atomic E-state index is 0.237. The molecule has 0 heterocycles. The van der Waals surface area contributed by atoms with Crippen LogP contribution in [0.25, 0.3) is 0 Å². The first-order valence-electron chi connectivity index (χ1n) is 7.03. The number of hydrogen-bond donors (Lipinski definition) is 3. The molecule has 1 atom stereocenters. The largest absolute Gasteiger partial charge is 0.390 e. The number of nitrogens with zero attached hydrogens (tertiary/aromatic N) is 1. The van der Waals surface area contributed by atoms with Gasteiger partial charge in [-0.3, -0.25) is 10.3 Å². The lowest BCUT2D eigenvalue weighted by molar-refractivity contribution is 0.0797. The van der Waals surface area contributed by atoms with Crippen LogP contribution in [-0.2, 0) is 5.60 Å². The number of aliphatic imine (C=N–C) groups is 1. The Morgan fingerprint density at radius 2 is 1.91 bits per heavy atom. The summed E-state index contributed by atoms with van der Waals surface area (Å²) >= 11 is 0. The van der Waals surface area contributed by atoms with Crippen LogP contribution in [0.1, 0.15) is 16.7 Å². The van der Waals surface area contributed by atoms with Crippen molar-refractivity contribution in [3.8, 4) is 0 Å². The van der Waals surface area contributed by atoms with E-state index in [1.807, 2.05) is 31.2 Å². The van der Waals surface area contributed by atoms with Gasteiger partial charge in [0, 0.05) is 6.54 Å². The molecule has 0 saturated heterocycles. The highest BCUT2D eigenvalue weighted by Gasteiger charge is 2.32. The van der Waals surface area contributed by atoms with Gasteiger partial charge in [-0.15, -0.1) is 0 Å². The number of nitrogens with one attached hydrogen (secondary N) is 1. The van der Waals surface area contributed by atoms with E-state index in [-0.39, 0.29) is 12.4 Å². The highest BCUT2D eigenvalue weighted by molar-refractivity contribution is 5.51. The van der Waals surface area contributed by atoms with E-state index in [9.17, 15) is 9.50 Å². The van der Waals surface area contributed by atoms with Gasteiger partial charge in [0.1, 0.15) is 11.4 Å². The smallest absolute Gasteiger partial charge is 0.127 e. The summed E-state index contributed by atoms with van der Waals surface area (Å²) in [4.78, 5) is 3.87. The van der Waals surface area contributed by atoms with Crippen molar-refractivity contribution in [2.45, 2.75) is 12.5 Å². The van der Waals surface area contributed by atoms with Gasteiger partial charge in [-0.05, 0) is 35.7 Å². The van der Waals surface area contributed by atoms with Crippen LogP contribution in [-0.4, -0.2) is 24.7 Å². The Hall–Kier alpha value is -2.24. The van der Waals surface area contributed by atoms with E-state index in [1.54, 1.807) is 12.1 Å². The van der Waals surface area contributed by atoms with Crippen molar-refractivity contribution in [2.75, 3.05) is 13.2 Å². The number of nitrogens with two attached hydrogens (primary N) is 1. The quantitative estimate of drug-likeness (QED) is 0.433. The summed E-state index contributed by atoms with van der Waals surface area (Å²) in [7, 11) is 0. The van der Waals surface area contributed by atoms with Crippen molar-refractivity contribution >= 4 is 6.34 Å². The Bertz CT molecular complexity index is 643. The normalized spacial score (nSPS) is 14.1. The van der Waals surface area contributed by atoms with Crippen molar-refractivity contribution in [1.29, 1.82) is 0 Å². The molecule has 0 spiro atoms. The van der Waals surface area contributed by atoms with E-state index in [0.717, 1.165) is 11.1 Å². The molecule has 5 heteroatoms. The van der Waals surface area contributed by atoms with E-state index in [2.05, 4.69) is 10.3 Å². The molecule has 0 amide bonds. The lowest BCUT2D eigenvalue weighted by atomic mass is 9.84. The zero-order valence-electron chi connectivity index (χ0n) is 12.5. The van der Waals surface area contributed by atoms with Gasteiger partial charge >= 0.3 is 0 Å². The molecule has 2 rings (SSSR count). The highest BCUT2D eigenvalue weighted by Crippen LogP contribution is 2.31. The standard InChI is InChI=1S/C17H20FN3O/c1-13-4-2-3-5-16(13)17(22,10-20-12-21-11-19)14-6-8-15(18)9-7-14/h2-9,11,20,22H,10,12H2,1H3,(H2,19,21). The lowest BCUT2D eigenvalue weighted by Gasteiger charge is -2.31. The minimum atomic E-state index is -1.27. The van der Waals surface area contributed by atoms with Crippen molar-refractivity contribution in [3.05, 3.63) is 71.0 Å². The molecule has 2 aromatic rings. The third-order valence-corrected chi connectivity index (χ3v) is 3.60. The molecule has 0 saturated carbocycles. The summed E-state index contributed by atoms with van der Waals surface area (Å²) in [6, 6.07) is 13.5. The Morgan fingerprint density at radius 3 is 2.55 bits per heavy atom. The summed E-state index contributed by atoms with van der Waals surface area (Å²) in [5.41, 5.74) is 6.28. The minimum Gasteiger partial charge on any atom is -0.390 e. The molecule has 0 radical (unpaired) electrons. The molecule has 4 N–H and O–H groups in total.